The van der Waals surface area contributed by atoms with E-state index in [0.717, 1.165) is 28.8 Å². The average molecular weight is 267 g/mol. The molecule has 0 spiro atoms. The fourth-order valence-electron chi connectivity index (χ4n) is 1.65. The van der Waals surface area contributed by atoms with E-state index in [2.05, 4.69) is 10.2 Å². The predicted molar refractivity (Wildman–Crippen MR) is 66.5 cm³/mol. The van der Waals surface area contributed by atoms with Crippen molar-refractivity contribution in [3.8, 4) is 11.4 Å². The van der Waals surface area contributed by atoms with Gasteiger partial charge in [0.1, 0.15) is 11.5 Å². The molecule has 2 aromatic heterocycles. The summed E-state index contributed by atoms with van der Waals surface area (Å²) in [6.45, 7) is 3.73. The van der Waals surface area contributed by atoms with Crippen LogP contribution in [0.25, 0.3) is 11.4 Å². The van der Waals surface area contributed by atoms with E-state index in [0.29, 0.717) is 11.0 Å². The van der Waals surface area contributed by atoms with E-state index in [1.165, 1.54) is 0 Å². The van der Waals surface area contributed by atoms with Gasteiger partial charge in [0.2, 0.25) is 0 Å². The van der Waals surface area contributed by atoms with Gasteiger partial charge in [-0.1, -0.05) is 11.8 Å². The van der Waals surface area contributed by atoms with Crippen LogP contribution in [0.4, 0.5) is 0 Å². The third-order valence-corrected chi connectivity index (χ3v) is 3.45. The molecule has 2 rings (SSSR count). The van der Waals surface area contributed by atoms with Crippen LogP contribution in [0.3, 0.4) is 0 Å². The van der Waals surface area contributed by atoms with Crippen LogP contribution in [0.1, 0.15) is 11.5 Å². The molecule has 0 amide bonds. The minimum Gasteiger partial charge on any atom is -0.481 e. The summed E-state index contributed by atoms with van der Waals surface area (Å²) >= 11 is 1.14. The molecule has 0 saturated carbocycles. The molecule has 0 atom stereocenters. The number of thioether (sulfide) groups is 1. The number of aliphatic carboxylic acids is 1. The first-order valence-electron chi connectivity index (χ1n) is 5.30. The standard InChI is InChI=1S/C11H13N3O3S/c1-6-4-8(7(2)17-6)10-12-13-11(14(10)3)18-5-9(15)16/h4H,5H2,1-3H3,(H,15,16). The van der Waals surface area contributed by atoms with E-state index in [1.807, 2.05) is 19.9 Å². The number of rotatable bonds is 4. The lowest BCUT2D eigenvalue weighted by Crippen LogP contribution is -2.01. The molecule has 7 heteroatoms. The molecule has 96 valence electrons. The zero-order valence-electron chi connectivity index (χ0n) is 10.3. The lowest BCUT2D eigenvalue weighted by molar-refractivity contribution is -0.133. The summed E-state index contributed by atoms with van der Waals surface area (Å²) in [5.41, 5.74) is 0.879. The van der Waals surface area contributed by atoms with Crippen LogP contribution in [-0.4, -0.2) is 31.6 Å². The molecule has 2 aromatic rings. The van der Waals surface area contributed by atoms with Crippen LogP contribution in [-0.2, 0) is 11.8 Å². The number of hydrogen-bond acceptors (Lipinski definition) is 5. The summed E-state index contributed by atoms with van der Waals surface area (Å²) in [7, 11) is 1.81. The van der Waals surface area contributed by atoms with Crippen molar-refractivity contribution in [3.05, 3.63) is 17.6 Å². The van der Waals surface area contributed by atoms with Gasteiger partial charge in [-0.25, -0.2) is 0 Å². The summed E-state index contributed by atoms with van der Waals surface area (Å²) in [6.07, 6.45) is 0. The number of carboxylic acids is 1. The Morgan fingerprint density at radius 2 is 2.22 bits per heavy atom. The van der Waals surface area contributed by atoms with Gasteiger partial charge in [0.15, 0.2) is 11.0 Å². The summed E-state index contributed by atoms with van der Waals surface area (Å²) < 4.78 is 7.22. The molecule has 0 radical (unpaired) electrons. The van der Waals surface area contributed by atoms with Crippen molar-refractivity contribution in [2.75, 3.05) is 5.75 Å². The third kappa shape index (κ3) is 2.40. The maximum Gasteiger partial charge on any atom is 0.313 e. The Kier molecular flexibility index (Phi) is 3.42. The molecule has 1 N–H and O–H groups in total. The van der Waals surface area contributed by atoms with Gasteiger partial charge in [-0.05, 0) is 19.9 Å². The smallest absolute Gasteiger partial charge is 0.313 e. The normalized spacial score (nSPS) is 10.8. The van der Waals surface area contributed by atoms with Crippen molar-refractivity contribution in [1.29, 1.82) is 0 Å². The molecule has 0 saturated heterocycles. The third-order valence-electron chi connectivity index (χ3n) is 2.44. The fourth-order valence-corrected chi connectivity index (χ4v) is 2.29. The zero-order chi connectivity index (χ0) is 13.3. The van der Waals surface area contributed by atoms with Gasteiger partial charge in [0, 0.05) is 7.05 Å². The molecule has 0 aliphatic heterocycles. The number of carboxylic acid groups (broad SMARTS) is 1. The van der Waals surface area contributed by atoms with Crippen LogP contribution in [0, 0.1) is 13.8 Å². The number of furan rings is 1. The van der Waals surface area contributed by atoms with Crippen molar-refractivity contribution in [2.24, 2.45) is 7.05 Å². The fraction of sp³-hybridized carbons (Fsp3) is 0.364. The molecule has 0 bridgehead atoms. The maximum atomic E-state index is 10.5. The Hall–Kier alpha value is -1.76. The van der Waals surface area contributed by atoms with Crippen molar-refractivity contribution in [3.63, 3.8) is 0 Å². The molecule has 0 aromatic carbocycles. The lowest BCUT2D eigenvalue weighted by Gasteiger charge is -2.01. The molecule has 18 heavy (non-hydrogen) atoms. The van der Waals surface area contributed by atoms with E-state index < -0.39 is 5.97 Å². The molecule has 0 aliphatic carbocycles. The molecule has 0 aliphatic rings. The quantitative estimate of drug-likeness (QED) is 0.852. The summed E-state index contributed by atoms with van der Waals surface area (Å²) in [6, 6.07) is 1.89. The van der Waals surface area contributed by atoms with Gasteiger partial charge in [-0.3, -0.25) is 4.79 Å². The van der Waals surface area contributed by atoms with Crippen molar-refractivity contribution < 1.29 is 14.3 Å². The van der Waals surface area contributed by atoms with Crippen LogP contribution in [0.15, 0.2) is 15.6 Å². The SMILES string of the molecule is Cc1cc(-c2nnc(SCC(=O)O)n2C)c(C)o1. The highest BCUT2D eigenvalue weighted by Crippen LogP contribution is 2.27. The minimum atomic E-state index is -0.875. The van der Waals surface area contributed by atoms with Crippen molar-refractivity contribution in [1.82, 2.24) is 14.8 Å². The number of aromatic nitrogens is 3. The van der Waals surface area contributed by atoms with E-state index in [4.69, 9.17) is 9.52 Å². The van der Waals surface area contributed by atoms with E-state index in [-0.39, 0.29) is 5.75 Å². The van der Waals surface area contributed by atoms with Gasteiger partial charge in [-0.15, -0.1) is 10.2 Å². The van der Waals surface area contributed by atoms with Gasteiger partial charge in [-0.2, -0.15) is 0 Å². The first kappa shape index (κ1) is 12.7. The molecular formula is C11H13N3O3S. The van der Waals surface area contributed by atoms with Crippen molar-refractivity contribution >= 4 is 17.7 Å². The number of nitrogens with zero attached hydrogens (tertiary/aromatic N) is 3. The topological polar surface area (TPSA) is 81.1 Å². The van der Waals surface area contributed by atoms with Crippen LogP contribution in [0.2, 0.25) is 0 Å². The molecule has 2 heterocycles. The van der Waals surface area contributed by atoms with E-state index in [9.17, 15) is 4.79 Å². The van der Waals surface area contributed by atoms with Gasteiger partial charge < -0.3 is 14.1 Å². The maximum absolute atomic E-state index is 10.5. The first-order valence-corrected chi connectivity index (χ1v) is 6.29. The first-order chi connectivity index (χ1) is 8.49. The molecule has 0 fully saturated rings. The van der Waals surface area contributed by atoms with Crippen LogP contribution in [0.5, 0.6) is 0 Å². The lowest BCUT2D eigenvalue weighted by atomic mass is 10.2. The highest BCUT2D eigenvalue weighted by atomic mass is 32.2. The second kappa shape index (κ2) is 4.85. The molecular weight excluding hydrogens is 254 g/mol. The second-order valence-corrected chi connectivity index (χ2v) is 4.82. The van der Waals surface area contributed by atoms with E-state index >= 15 is 0 Å². The number of hydrogen-bond donors (Lipinski definition) is 1. The zero-order valence-corrected chi connectivity index (χ0v) is 11.1. The summed E-state index contributed by atoms with van der Waals surface area (Å²) in [4.78, 5) is 10.5. The number of aryl methyl sites for hydroxylation is 2. The Labute approximate surface area is 108 Å². The average Bonchev–Trinajstić information content (AvgIpc) is 2.79. The molecule has 0 unspecified atom stereocenters. The van der Waals surface area contributed by atoms with E-state index in [1.54, 1.807) is 11.6 Å². The van der Waals surface area contributed by atoms with Gasteiger partial charge in [0.05, 0.1) is 11.3 Å². The van der Waals surface area contributed by atoms with Gasteiger partial charge in [0.25, 0.3) is 0 Å². The Balaban J connectivity index is 2.30. The summed E-state index contributed by atoms with van der Waals surface area (Å²) in [5.74, 6) is 1.36. The highest BCUT2D eigenvalue weighted by molar-refractivity contribution is 7.99. The Morgan fingerprint density at radius 1 is 1.50 bits per heavy atom. The Morgan fingerprint density at radius 3 is 2.78 bits per heavy atom. The summed E-state index contributed by atoms with van der Waals surface area (Å²) in [5, 5.41) is 17.3. The number of carbonyl (C=O) groups is 1. The predicted octanol–water partition coefficient (Wildman–Crippen LogP) is 1.87. The highest BCUT2D eigenvalue weighted by Gasteiger charge is 2.16. The largest absolute Gasteiger partial charge is 0.481 e. The molecule has 6 nitrogen and oxygen atoms in total. The monoisotopic (exact) mass is 267 g/mol. The second-order valence-electron chi connectivity index (χ2n) is 3.87. The van der Waals surface area contributed by atoms with Crippen molar-refractivity contribution in [2.45, 2.75) is 19.0 Å². The Bertz CT molecular complexity index is 588. The van der Waals surface area contributed by atoms with Gasteiger partial charge >= 0.3 is 5.97 Å². The van der Waals surface area contributed by atoms with Crippen LogP contribution < -0.4 is 0 Å². The van der Waals surface area contributed by atoms with Crippen LogP contribution >= 0.6 is 11.8 Å². The minimum absolute atomic E-state index is 0.0324.